The van der Waals surface area contributed by atoms with Crippen LogP contribution in [0, 0.1) is 0 Å². The standard InChI is InChI=1S/C13H22N2O4S/c1-6(16)8-10-9(18-13(2,3)19-10)7-11(17-8)20-12(14-7)15(4)5/h6-11,16H,1-5H3/t6-,7+,8?,9+,10+,11+/m0/s1. The van der Waals surface area contributed by atoms with E-state index in [9.17, 15) is 5.11 Å². The summed E-state index contributed by atoms with van der Waals surface area (Å²) in [6, 6.07) is -0.0841. The van der Waals surface area contributed by atoms with Crippen LogP contribution in [0.4, 0.5) is 0 Å². The summed E-state index contributed by atoms with van der Waals surface area (Å²) in [6.07, 6.45) is -1.44. The van der Waals surface area contributed by atoms with Crippen LogP contribution in [0.25, 0.3) is 0 Å². The fourth-order valence-electron chi connectivity index (χ4n) is 2.91. The second-order valence-electron chi connectivity index (χ2n) is 6.19. The molecule has 1 unspecified atom stereocenters. The van der Waals surface area contributed by atoms with Crippen LogP contribution in [0.1, 0.15) is 20.8 Å². The molecule has 0 spiro atoms. The zero-order valence-electron chi connectivity index (χ0n) is 12.4. The molecule has 3 heterocycles. The first-order valence-corrected chi connectivity index (χ1v) is 7.77. The molecule has 0 aromatic rings. The molecule has 7 heteroatoms. The van der Waals surface area contributed by atoms with E-state index in [1.165, 1.54) is 0 Å². The van der Waals surface area contributed by atoms with Crippen LogP contribution in [0.15, 0.2) is 4.99 Å². The van der Waals surface area contributed by atoms with E-state index in [1.54, 1.807) is 18.7 Å². The van der Waals surface area contributed by atoms with Crippen LogP contribution in [-0.4, -0.2) is 71.0 Å². The van der Waals surface area contributed by atoms with Crippen LogP contribution in [0.2, 0.25) is 0 Å². The number of nitrogens with zero attached hydrogens (tertiary/aromatic N) is 2. The minimum atomic E-state index is -0.665. The van der Waals surface area contributed by atoms with E-state index in [-0.39, 0.29) is 29.8 Å². The normalized spacial score (nSPS) is 43.7. The summed E-state index contributed by atoms with van der Waals surface area (Å²) in [5, 5.41) is 10.9. The summed E-state index contributed by atoms with van der Waals surface area (Å²) < 4.78 is 18.0. The summed E-state index contributed by atoms with van der Waals surface area (Å²) in [5.41, 5.74) is -0.120. The van der Waals surface area contributed by atoms with Gasteiger partial charge < -0.3 is 24.2 Å². The fraction of sp³-hybridized carbons (Fsp3) is 0.923. The minimum absolute atomic E-state index is 0.0841. The molecule has 0 aromatic heterocycles. The highest BCUT2D eigenvalue weighted by molar-refractivity contribution is 8.14. The van der Waals surface area contributed by atoms with Crippen molar-refractivity contribution in [2.45, 2.75) is 62.5 Å². The maximum absolute atomic E-state index is 9.97. The molecule has 20 heavy (non-hydrogen) atoms. The van der Waals surface area contributed by atoms with Crippen molar-refractivity contribution in [3.8, 4) is 0 Å². The lowest BCUT2D eigenvalue weighted by molar-refractivity contribution is -0.168. The Labute approximate surface area is 123 Å². The van der Waals surface area contributed by atoms with E-state index in [4.69, 9.17) is 19.2 Å². The first-order chi connectivity index (χ1) is 9.28. The molecule has 6 nitrogen and oxygen atoms in total. The highest BCUT2D eigenvalue weighted by atomic mass is 32.2. The summed E-state index contributed by atoms with van der Waals surface area (Å²) in [6.45, 7) is 5.50. The topological polar surface area (TPSA) is 63.5 Å². The van der Waals surface area contributed by atoms with Gasteiger partial charge in [0.15, 0.2) is 11.0 Å². The molecule has 6 atom stereocenters. The number of aliphatic hydroxyl groups is 1. The van der Waals surface area contributed by atoms with Crippen molar-refractivity contribution < 1.29 is 19.3 Å². The van der Waals surface area contributed by atoms with E-state index in [0.29, 0.717) is 0 Å². The van der Waals surface area contributed by atoms with Crippen molar-refractivity contribution in [1.29, 1.82) is 0 Å². The zero-order valence-corrected chi connectivity index (χ0v) is 13.3. The van der Waals surface area contributed by atoms with Gasteiger partial charge in [0, 0.05) is 14.1 Å². The quantitative estimate of drug-likeness (QED) is 0.767. The molecule has 114 valence electrons. The predicted octanol–water partition coefficient (Wildman–Crippen LogP) is 0.645. The SMILES string of the molecule is C[C@H](O)C1O[C@@H]2SC(N(C)C)=N[C@@H]2[C@H]2OC(C)(C)O[C@H]12. The van der Waals surface area contributed by atoms with Crippen LogP contribution < -0.4 is 0 Å². The molecule has 0 saturated carbocycles. The molecule has 3 aliphatic heterocycles. The summed E-state index contributed by atoms with van der Waals surface area (Å²) >= 11 is 1.58. The molecule has 0 aromatic carbocycles. The van der Waals surface area contributed by atoms with Gasteiger partial charge in [-0.1, -0.05) is 11.8 Å². The van der Waals surface area contributed by atoms with Gasteiger partial charge in [-0.3, -0.25) is 4.99 Å². The molecule has 3 aliphatic rings. The highest BCUT2D eigenvalue weighted by Crippen LogP contribution is 2.45. The Balaban J connectivity index is 1.89. The number of rotatable bonds is 1. The van der Waals surface area contributed by atoms with Crippen LogP contribution >= 0.6 is 11.8 Å². The third kappa shape index (κ3) is 2.35. The number of hydrogen-bond acceptors (Lipinski definition) is 7. The molecule has 2 saturated heterocycles. The van der Waals surface area contributed by atoms with Crippen molar-refractivity contribution in [3.05, 3.63) is 0 Å². The maximum atomic E-state index is 9.97. The van der Waals surface area contributed by atoms with E-state index < -0.39 is 11.9 Å². The summed E-state index contributed by atoms with van der Waals surface area (Å²) in [7, 11) is 3.92. The fourth-order valence-corrected chi connectivity index (χ4v) is 4.05. The molecule has 3 rings (SSSR count). The monoisotopic (exact) mass is 302 g/mol. The van der Waals surface area contributed by atoms with E-state index in [2.05, 4.69) is 0 Å². The second kappa shape index (κ2) is 4.84. The number of fused-ring (bicyclic) bond motifs is 3. The number of amidine groups is 1. The number of ether oxygens (including phenoxy) is 3. The van der Waals surface area contributed by atoms with Crippen molar-refractivity contribution >= 4 is 16.9 Å². The average Bonchev–Trinajstić information content (AvgIpc) is 2.86. The number of aliphatic imine (C=N–C) groups is 1. The van der Waals surface area contributed by atoms with Gasteiger partial charge in [-0.15, -0.1) is 0 Å². The smallest absolute Gasteiger partial charge is 0.164 e. The number of aliphatic hydroxyl groups excluding tert-OH is 1. The molecule has 2 fully saturated rings. The minimum Gasteiger partial charge on any atom is -0.391 e. The van der Waals surface area contributed by atoms with Gasteiger partial charge in [0.2, 0.25) is 0 Å². The average molecular weight is 302 g/mol. The summed E-state index contributed by atoms with van der Waals surface area (Å²) in [4.78, 5) is 6.68. The van der Waals surface area contributed by atoms with Crippen LogP contribution in [0.5, 0.6) is 0 Å². The molecular weight excluding hydrogens is 280 g/mol. The van der Waals surface area contributed by atoms with Crippen LogP contribution in [0.3, 0.4) is 0 Å². The van der Waals surface area contributed by atoms with Gasteiger partial charge in [0.05, 0.1) is 6.10 Å². The molecule has 0 radical (unpaired) electrons. The Morgan fingerprint density at radius 3 is 2.55 bits per heavy atom. The second-order valence-corrected chi connectivity index (χ2v) is 7.25. The molecule has 0 aliphatic carbocycles. The van der Waals surface area contributed by atoms with E-state index in [0.717, 1.165) is 5.17 Å². The lowest BCUT2D eigenvalue weighted by Crippen LogP contribution is -2.56. The zero-order chi connectivity index (χ0) is 14.7. The Kier molecular flexibility index (Phi) is 3.53. The van der Waals surface area contributed by atoms with Gasteiger partial charge in [-0.2, -0.15) is 0 Å². The van der Waals surface area contributed by atoms with Crippen molar-refractivity contribution in [2.75, 3.05) is 14.1 Å². The van der Waals surface area contributed by atoms with Gasteiger partial charge >= 0.3 is 0 Å². The van der Waals surface area contributed by atoms with Crippen LogP contribution in [-0.2, 0) is 14.2 Å². The predicted molar refractivity (Wildman–Crippen MR) is 76.7 cm³/mol. The third-order valence-electron chi connectivity index (χ3n) is 3.73. The molecular formula is C13H22N2O4S. The summed E-state index contributed by atoms with van der Waals surface area (Å²) in [5.74, 6) is -0.665. The highest BCUT2D eigenvalue weighted by Gasteiger charge is 2.58. The Morgan fingerprint density at radius 1 is 1.30 bits per heavy atom. The Hall–Kier alpha value is -0.340. The molecule has 0 bridgehead atoms. The third-order valence-corrected chi connectivity index (χ3v) is 5.04. The largest absolute Gasteiger partial charge is 0.391 e. The number of hydrogen-bond donors (Lipinski definition) is 1. The number of thioether (sulfide) groups is 1. The van der Waals surface area contributed by atoms with E-state index >= 15 is 0 Å². The van der Waals surface area contributed by atoms with Gasteiger partial charge in [0.1, 0.15) is 29.8 Å². The van der Waals surface area contributed by atoms with Crippen molar-refractivity contribution in [2.24, 2.45) is 4.99 Å². The van der Waals surface area contributed by atoms with Gasteiger partial charge in [-0.05, 0) is 20.8 Å². The first kappa shape index (κ1) is 14.6. The Bertz CT molecular complexity index is 427. The first-order valence-electron chi connectivity index (χ1n) is 6.89. The van der Waals surface area contributed by atoms with Gasteiger partial charge in [-0.25, -0.2) is 0 Å². The van der Waals surface area contributed by atoms with Crippen molar-refractivity contribution in [3.63, 3.8) is 0 Å². The Morgan fingerprint density at radius 2 is 1.95 bits per heavy atom. The maximum Gasteiger partial charge on any atom is 0.164 e. The lowest BCUT2D eigenvalue weighted by Gasteiger charge is -2.38. The van der Waals surface area contributed by atoms with Crippen molar-refractivity contribution in [1.82, 2.24) is 4.90 Å². The lowest BCUT2D eigenvalue weighted by atomic mass is 9.95. The van der Waals surface area contributed by atoms with E-state index in [1.807, 2.05) is 32.8 Å². The van der Waals surface area contributed by atoms with Gasteiger partial charge in [0.25, 0.3) is 0 Å². The molecule has 1 N–H and O–H groups in total. The molecule has 0 amide bonds.